The van der Waals surface area contributed by atoms with Gasteiger partial charge in [0.2, 0.25) is 0 Å². The van der Waals surface area contributed by atoms with E-state index in [1.165, 1.54) is 6.42 Å². The monoisotopic (exact) mass is 327 g/mol. The van der Waals surface area contributed by atoms with Crippen molar-refractivity contribution in [2.45, 2.75) is 25.3 Å². The Morgan fingerprint density at radius 1 is 1.25 bits per heavy atom. The maximum atomic E-state index is 12.4. The van der Waals surface area contributed by atoms with Gasteiger partial charge in [0.15, 0.2) is 0 Å². The Kier molecular flexibility index (Phi) is 4.54. The average Bonchev–Trinajstić information content (AvgIpc) is 3.29. The van der Waals surface area contributed by atoms with Crippen LogP contribution in [0.3, 0.4) is 0 Å². The second kappa shape index (κ2) is 6.95. The summed E-state index contributed by atoms with van der Waals surface area (Å²) >= 11 is 0. The van der Waals surface area contributed by atoms with E-state index in [9.17, 15) is 4.79 Å². The number of carbonyl (C=O) groups is 1. The van der Waals surface area contributed by atoms with E-state index in [1.54, 1.807) is 0 Å². The molecule has 4 rings (SSSR count). The van der Waals surface area contributed by atoms with Gasteiger partial charge >= 0.3 is 0 Å². The number of piperidine rings is 1. The number of H-pyrrole nitrogens is 1. The van der Waals surface area contributed by atoms with Crippen molar-refractivity contribution >= 4 is 16.8 Å². The van der Waals surface area contributed by atoms with Crippen LogP contribution in [-0.4, -0.2) is 54.7 Å². The molecule has 1 amide bonds. The quantitative estimate of drug-likeness (QED) is 0.906. The minimum absolute atomic E-state index is 0.00202. The van der Waals surface area contributed by atoms with Crippen molar-refractivity contribution in [3.8, 4) is 0 Å². The molecule has 2 aliphatic heterocycles. The molecule has 128 valence electrons. The van der Waals surface area contributed by atoms with E-state index in [-0.39, 0.29) is 5.91 Å². The van der Waals surface area contributed by atoms with E-state index in [2.05, 4.69) is 15.2 Å². The Labute approximate surface area is 142 Å². The number of nitrogens with zero attached hydrogens (tertiary/aromatic N) is 1. The van der Waals surface area contributed by atoms with E-state index < -0.39 is 0 Å². The number of carbonyl (C=O) groups excluding carboxylic acids is 1. The second-order valence-corrected chi connectivity index (χ2v) is 6.98. The number of amides is 1. The number of fused-ring (bicyclic) bond motifs is 1. The summed E-state index contributed by atoms with van der Waals surface area (Å²) in [6.07, 6.45) is 3.48. The molecule has 0 bridgehead atoms. The summed E-state index contributed by atoms with van der Waals surface area (Å²) in [5.74, 6) is 0.578. The van der Waals surface area contributed by atoms with Gasteiger partial charge < -0.3 is 15.0 Å². The van der Waals surface area contributed by atoms with Gasteiger partial charge in [-0.25, -0.2) is 0 Å². The summed E-state index contributed by atoms with van der Waals surface area (Å²) in [7, 11) is 0. The maximum Gasteiger partial charge on any atom is 0.267 e. The maximum absolute atomic E-state index is 12.4. The van der Waals surface area contributed by atoms with Crippen molar-refractivity contribution in [2.75, 3.05) is 32.8 Å². The molecule has 0 saturated carbocycles. The summed E-state index contributed by atoms with van der Waals surface area (Å²) in [4.78, 5) is 18.1. The molecule has 2 N–H and O–H groups in total. The van der Waals surface area contributed by atoms with Gasteiger partial charge in [0.25, 0.3) is 5.91 Å². The van der Waals surface area contributed by atoms with Gasteiger partial charge in [-0.05, 0) is 50.4 Å². The van der Waals surface area contributed by atoms with Gasteiger partial charge in [0.1, 0.15) is 5.69 Å². The molecule has 0 spiro atoms. The van der Waals surface area contributed by atoms with Gasteiger partial charge in [-0.15, -0.1) is 0 Å². The average molecular weight is 327 g/mol. The number of aromatic nitrogens is 1. The van der Waals surface area contributed by atoms with E-state index in [4.69, 9.17) is 4.74 Å². The van der Waals surface area contributed by atoms with Gasteiger partial charge in [0.05, 0.1) is 6.61 Å². The Balaban J connectivity index is 1.27. The number of para-hydroxylation sites is 1. The van der Waals surface area contributed by atoms with Crippen molar-refractivity contribution in [3.05, 3.63) is 36.0 Å². The number of aromatic amines is 1. The lowest BCUT2D eigenvalue weighted by molar-refractivity contribution is 0.0907. The molecule has 1 unspecified atom stereocenters. The largest absolute Gasteiger partial charge is 0.380 e. The predicted molar refractivity (Wildman–Crippen MR) is 94.2 cm³/mol. The van der Waals surface area contributed by atoms with Crippen LogP contribution in [0.4, 0.5) is 0 Å². The second-order valence-electron chi connectivity index (χ2n) is 6.98. The van der Waals surface area contributed by atoms with Crippen LogP contribution in [0.1, 0.15) is 29.8 Å². The number of hydrogen-bond acceptors (Lipinski definition) is 3. The molecule has 5 heteroatoms. The first kappa shape index (κ1) is 15.7. The van der Waals surface area contributed by atoms with E-state index in [1.807, 2.05) is 30.3 Å². The minimum Gasteiger partial charge on any atom is -0.380 e. The highest BCUT2D eigenvalue weighted by Crippen LogP contribution is 2.22. The number of likely N-dealkylation sites (tertiary alicyclic amines) is 1. The predicted octanol–water partition coefficient (Wildman–Crippen LogP) is 2.40. The van der Waals surface area contributed by atoms with Crippen LogP contribution in [0.5, 0.6) is 0 Å². The summed E-state index contributed by atoms with van der Waals surface area (Å²) in [6.45, 7) is 4.82. The van der Waals surface area contributed by atoms with Crippen LogP contribution in [0, 0.1) is 5.92 Å². The number of rotatable bonds is 4. The first-order valence-corrected chi connectivity index (χ1v) is 8.97. The fraction of sp³-hybridized carbons (Fsp3) is 0.526. The highest BCUT2D eigenvalue weighted by Gasteiger charge is 2.27. The van der Waals surface area contributed by atoms with Crippen LogP contribution < -0.4 is 5.32 Å². The number of ether oxygens (including phenoxy) is 1. The molecule has 1 aromatic carbocycles. The van der Waals surface area contributed by atoms with Crippen LogP contribution in [-0.2, 0) is 4.74 Å². The fourth-order valence-corrected chi connectivity index (χ4v) is 3.86. The lowest BCUT2D eigenvalue weighted by Crippen LogP contribution is -2.44. The normalized spacial score (nSPS) is 22.9. The number of hydrogen-bond donors (Lipinski definition) is 2. The topological polar surface area (TPSA) is 57.4 Å². The molecule has 2 aliphatic rings. The van der Waals surface area contributed by atoms with Crippen LogP contribution in [0.2, 0.25) is 0 Å². The van der Waals surface area contributed by atoms with E-state index >= 15 is 0 Å². The number of benzene rings is 1. The van der Waals surface area contributed by atoms with Crippen molar-refractivity contribution in [3.63, 3.8) is 0 Å². The first-order chi connectivity index (χ1) is 11.8. The van der Waals surface area contributed by atoms with Crippen LogP contribution in [0.25, 0.3) is 10.9 Å². The standard InChI is InChI=1S/C19H25N3O2/c23-19(18-11-15-3-1-2-4-17(15)21-18)20-12-14-5-8-22(9-6-14)16-7-10-24-13-16/h1-4,11,14,16,21H,5-10,12-13H2,(H,20,23). The molecule has 5 nitrogen and oxygen atoms in total. The van der Waals surface area contributed by atoms with Crippen molar-refractivity contribution in [1.82, 2.24) is 15.2 Å². The zero-order valence-electron chi connectivity index (χ0n) is 14.0. The summed E-state index contributed by atoms with van der Waals surface area (Å²) in [5, 5.41) is 4.18. The lowest BCUT2D eigenvalue weighted by atomic mass is 9.95. The fourth-order valence-electron chi connectivity index (χ4n) is 3.86. The first-order valence-electron chi connectivity index (χ1n) is 8.97. The van der Waals surface area contributed by atoms with Gasteiger partial charge in [-0.1, -0.05) is 18.2 Å². The third kappa shape index (κ3) is 3.32. The Morgan fingerprint density at radius 2 is 2.08 bits per heavy atom. The zero-order chi connectivity index (χ0) is 16.4. The van der Waals surface area contributed by atoms with Crippen molar-refractivity contribution < 1.29 is 9.53 Å². The summed E-state index contributed by atoms with van der Waals surface area (Å²) < 4.78 is 5.49. The molecule has 2 fully saturated rings. The molecular weight excluding hydrogens is 302 g/mol. The summed E-state index contributed by atoms with van der Waals surface area (Å²) in [6, 6.07) is 10.5. The summed E-state index contributed by atoms with van der Waals surface area (Å²) in [5.41, 5.74) is 1.66. The van der Waals surface area contributed by atoms with E-state index in [0.717, 1.165) is 56.6 Å². The SMILES string of the molecule is O=C(NCC1CCN(C2CCOC2)CC1)c1cc2ccccc2[nH]1. The molecule has 0 radical (unpaired) electrons. The molecular formula is C19H25N3O2. The molecule has 1 atom stereocenters. The van der Waals surface area contributed by atoms with Crippen LogP contribution in [0.15, 0.2) is 30.3 Å². The lowest BCUT2D eigenvalue weighted by Gasteiger charge is -2.35. The molecule has 3 heterocycles. The molecule has 1 aromatic heterocycles. The van der Waals surface area contributed by atoms with Gasteiger partial charge in [-0.2, -0.15) is 0 Å². The Hall–Kier alpha value is -1.85. The molecule has 2 saturated heterocycles. The van der Waals surface area contributed by atoms with Gasteiger partial charge in [-0.3, -0.25) is 9.69 Å². The van der Waals surface area contributed by atoms with Crippen LogP contribution >= 0.6 is 0 Å². The van der Waals surface area contributed by atoms with Gasteiger partial charge in [0, 0.05) is 30.1 Å². The Morgan fingerprint density at radius 3 is 2.83 bits per heavy atom. The third-order valence-electron chi connectivity index (χ3n) is 5.40. The highest BCUT2D eigenvalue weighted by molar-refractivity contribution is 5.97. The third-order valence-corrected chi connectivity index (χ3v) is 5.40. The molecule has 0 aliphatic carbocycles. The Bertz CT molecular complexity index is 664. The van der Waals surface area contributed by atoms with E-state index in [0.29, 0.717) is 17.7 Å². The minimum atomic E-state index is -0.00202. The molecule has 2 aromatic rings. The van der Waals surface area contributed by atoms with Crippen molar-refractivity contribution in [2.24, 2.45) is 5.92 Å². The smallest absolute Gasteiger partial charge is 0.267 e. The molecule has 24 heavy (non-hydrogen) atoms. The number of nitrogens with one attached hydrogen (secondary N) is 2. The highest BCUT2D eigenvalue weighted by atomic mass is 16.5. The van der Waals surface area contributed by atoms with Crippen molar-refractivity contribution in [1.29, 1.82) is 0 Å². The zero-order valence-corrected chi connectivity index (χ0v) is 14.0.